The second-order valence-corrected chi connectivity index (χ2v) is 8.05. The number of hydrogen-bond donors (Lipinski definition) is 2. The maximum atomic E-state index is 11.9. The van der Waals surface area contributed by atoms with E-state index in [1.807, 2.05) is 11.7 Å². The number of unbranched alkanes of at least 4 members (excludes halogenated alkanes) is 1. The fourth-order valence-electron chi connectivity index (χ4n) is 3.30. The molecule has 166 valence electrons. The molecule has 1 aromatic rings. The number of rotatable bonds is 12. The SMILES string of the molecule is CCCCC(CC)CNC(=NCC(=O)N(C)C)NCCCc1c(C)nn(C)c1C. The van der Waals surface area contributed by atoms with Crippen LogP contribution in [0.3, 0.4) is 0 Å². The Labute approximate surface area is 177 Å². The molecule has 0 aliphatic carbocycles. The van der Waals surface area contributed by atoms with Crippen molar-refractivity contribution in [3.05, 3.63) is 17.0 Å². The molecule has 0 aromatic carbocycles. The summed E-state index contributed by atoms with van der Waals surface area (Å²) in [6.45, 7) is 10.5. The highest BCUT2D eigenvalue weighted by atomic mass is 16.2. The molecule has 0 saturated heterocycles. The van der Waals surface area contributed by atoms with E-state index in [0.717, 1.165) is 44.0 Å². The normalized spacial score (nSPS) is 12.7. The van der Waals surface area contributed by atoms with Gasteiger partial charge in [0, 0.05) is 39.9 Å². The van der Waals surface area contributed by atoms with Crippen LogP contribution in [0.15, 0.2) is 4.99 Å². The van der Waals surface area contributed by atoms with Crippen molar-refractivity contribution in [3.8, 4) is 0 Å². The van der Waals surface area contributed by atoms with Crippen molar-refractivity contribution < 1.29 is 4.79 Å². The van der Waals surface area contributed by atoms with Crippen LogP contribution < -0.4 is 10.6 Å². The Morgan fingerprint density at radius 3 is 2.48 bits per heavy atom. The third-order valence-electron chi connectivity index (χ3n) is 5.53. The summed E-state index contributed by atoms with van der Waals surface area (Å²) >= 11 is 0. The number of carbonyl (C=O) groups is 1. The lowest BCUT2D eigenvalue weighted by Gasteiger charge is -2.18. The molecular weight excluding hydrogens is 364 g/mol. The van der Waals surface area contributed by atoms with Gasteiger partial charge in [0.05, 0.1) is 5.69 Å². The summed E-state index contributed by atoms with van der Waals surface area (Å²) in [5.74, 6) is 1.37. The zero-order valence-corrected chi connectivity index (χ0v) is 19.6. The molecule has 7 nitrogen and oxygen atoms in total. The minimum Gasteiger partial charge on any atom is -0.356 e. The maximum Gasteiger partial charge on any atom is 0.243 e. The summed E-state index contributed by atoms with van der Waals surface area (Å²) < 4.78 is 1.95. The predicted octanol–water partition coefficient (Wildman–Crippen LogP) is 2.81. The average molecular weight is 407 g/mol. The van der Waals surface area contributed by atoms with Gasteiger partial charge in [0.15, 0.2) is 5.96 Å². The lowest BCUT2D eigenvalue weighted by Crippen LogP contribution is -2.41. The van der Waals surface area contributed by atoms with E-state index in [1.165, 1.54) is 30.5 Å². The first-order valence-electron chi connectivity index (χ1n) is 11.0. The van der Waals surface area contributed by atoms with E-state index in [0.29, 0.717) is 5.92 Å². The topological polar surface area (TPSA) is 74.6 Å². The van der Waals surface area contributed by atoms with Crippen LogP contribution in [0, 0.1) is 19.8 Å². The molecule has 0 spiro atoms. The second-order valence-electron chi connectivity index (χ2n) is 8.05. The van der Waals surface area contributed by atoms with Crippen molar-refractivity contribution in [3.63, 3.8) is 0 Å². The maximum absolute atomic E-state index is 11.9. The number of amides is 1. The van der Waals surface area contributed by atoms with Crippen LogP contribution in [0.1, 0.15) is 62.9 Å². The van der Waals surface area contributed by atoms with Crippen LogP contribution in [0.5, 0.6) is 0 Å². The van der Waals surface area contributed by atoms with Gasteiger partial charge in [-0.3, -0.25) is 9.48 Å². The fraction of sp³-hybridized carbons (Fsp3) is 0.773. The van der Waals surface area contributed by atoms with Gasteiger partial charge < -0.3 is 15.5 Å². The predicted molar refractivity (Wildman–Crippen MR) is 121 cm³/mol. The summed E-state index contributed by atoms with van der Waals surface area (Å²) in [7, 11) is 5.51. The van der Waals surface area contributed by atoms with E-state index in [1.54, 1.807) is 19.0 Å². The quantitative estimate of drug-likeness (QED) is 0.318. The molecule has 1 amide bonds. The highest BCUT2D eigenvalue weighted by molar-refractivity contribution is 5.84. The monoisotopic (exact) mass is 406 g/mol. The van der Waals surface area contributed by atoms with Gasteiger partial charge in [-0.25, -0.2) is 4.99 Å². The third kappa shape index (κ3) is 8.88. The molecule has 0 aliphatic heterocycles. The molecule has 0 bridgehead atoms. The van der Waals surface area contributed by atoms with Crippen molar-refractivity contribution in [2.24, 2.45) is 18.0 Å². The highest BCUT2D eigenvalue weighted by Gasteiger charge is 2.11. The van der Waals surface area contributed by atoms with Gasteiger partial charge >= 0.3 is 0 Å². The molecule has 1 rings (SSSR count). The molecule has 1 heterocycles. The first-order valence-corrected chi connectivity index (χ1v) is 11.0. The lowest BCUT2D eigenvalue weighted by molar-refractivity contribution is -0.127. The zero-order chi connectivity index (χ0) is 21.8. The van der Waals surface area contributed by atoms with E-state index in [4.69, 9.17) is 0 Å². The number of nitrogens with zero attached hydrogens (tertiary/aromatic N) is 4. The number of aromatic nitrogens is 2. The summed E-state index contributed by atoms with van der Waals surface area (Å²) in [5, 5.41) is 11.3. The largest absolute Gasteiger partial charge is 0.356 e. The number of nitrogens with one attached hydrogen (secondary N) is 2. The minimum atomic E-state index is 0.00531. The molecule has 0 radical (unpaired) electrons. The van der Waals surface area contributed by atoms with Crippen molar-refractivity contribution in [1.82, 2.24) is 25.3 Å². The van der Waals surface area contributed by atoms with Crippen molar-refractivity contribution in [2.75, 3.05) is 33.7 Å². The number of likely N-dealkylation sites (N-methyl/N-ethyl adjacent to an activating group) is 1. The zero-order valence-electron chi connectivity index (χ0n) is 19.6. The summed E-state index contributed by atoms with van der Waals surface area (Å²) in [6, 6.07) is 0. The van der Waals surface area contributed by atoms with E-state index >= 15 is 0 Å². The third-order valence-corrected chi connectivity index (χ3v) is 5.53. The second kappa shape index (κ2) is 13.2. The Morgan fingerprint density at radius 2 is 1.93 bits per heavy atom. The number of guanidine groups is 1. The van der Waals surface area contributed by atoms with E-state index in [2.05, 4.69) is 48.4 Å². The first-order chi connectivity index (χ1) is 13.8. The Bertz CT molecular complexity index is 650. The Kier molecular flexibility index (Phi) is 11.4. The molecule has 1 aromatic heterocycles. The molecule has 1 atom stereocenters. The molecular formula is C22H42N6O. The van der Waals surface area contributed by atoms with Crippen LogP contribution >= 0.6 is 0 Å². The van der Waals surface area contributed by atoms with Crippen LogP contribution in [-0.4, -0.2) is 60.3 Å². The number of hydrogen-bond acceptors (Lipinski definition) is 3. The van der Waals surface area contributed by atoms with E-state index in [-0.39, 0.29) is 12.5 Å². The van der Waals surface area contributed by atoms with Crippen LogP contribution in [0.4, 0.5) is 0 Å². The van der Waals surface area contributed by atoms with Gasteiger partial charge in [-0.1, -0.05) is 33.1 Å². The molecule has 0 saturated carbocycles. The Hall–Kier alpha value is -2.05. The molecule has 0 aliphatic rings. The van der Waals surface area contributed by atoms with E-state index in [9.17, 15) is 4.79 Å². The number of aliphatic imine (C=N–C) groups is 1. The van der Waals surface area contributed by atoms with Crippen LogP contribution in [0.25, 0.3) is 0 Å². The van der Waals surface area contributed by atoms with Gasteiger partial charge in [-0.15, -0.1) is 0 Å². The summed E-state index contributed by atoms with van der Waals surface area (Å²) in [6.07, 6.45) is 6.82. The van der Waals surface area contributed by atoms with Crippen LogP contribution in [-0.2, 0) is 18.3 Å². The standard InChI is InChI=1S/C22H42N6O/c1-8-10-12-19(9-2)15-24-22(25-16-21(29)27(5)6)23-14-11-13-20-17(3)26-28(7)18(20)4/h19H,8-16H2,1-7H3,(H2,23,24,25). The Morgan fingerprint density at radius 1 is 1.21 bits per heavy atom. The number of carbonyl (C=O) groups excluding carboxylic acids is 1. The molecule has 1 unspecified atom stereocenters. The number of aryl methyl sites for hydroxylation is 2. The molecule has 0 fully saturated rings. The minimum absolute atomic E-state index is 0.00531. The van der Waals surface area contributed by atoms with Crippen molar-refractivity contribution in [1.29, 1.82) is 0 Å². The van der Waals surface area contributed by atoms with Gasteiger partial charge in [0.1, 0.15) is 6.54 Å². The Balaban J connectivity index is 2.60. The van der Waals surface area contributed by atoms with Gasteiger partial charge in [0.25, 0.3) is 0 Å². The van der Waals surface area contributed by atoms with E-state index < -0.39 is 0 Å². The van der Waals surface area contributed by atoms with Gasteiger partial charge in [-0.2, -0.15) is 5.10 Å². The molecule has 2 N–H and O–H groups in total. The van der Waals surface area contributed by atoms with Gasteiger partial charge in [-0.05, 0) is 44.6 Å². The molecule has 7 heteroatoms. The molecule has 29 heavy (non-hydrogen) atoms. The van der Waals surface area contributed by atoms with Gasteiger partial charge in [0.2, 0.25) is 5.91 Å². The lowest BCUT2D eigenvalue weighted by atomic mass is 9.99. The summed E-state index contributed by atoms with van der Waals surface area (Å²) in [5.41, 5.74) is 3.66. The fourth-order valence-corrected chi connectivity index (χ4v) is 3.30. The first kappa shape index (κ1) is 25.0. The van der Waals surface area contributed by atoms with Crippen molar-refractivity contribution >= 4 is 11.9 Å². The van der Waals surface area contributed by atoms with Crippen LogP contribution in [0.2, 0.25) is 0 Å². The summed E-state index contributed by atoms with van der Waals surface area (Å²) in [4.78, 5) is 18.0. The average Bonchev–Trinajstić information content (AvgIpc) is 2.93. The smallest absolute Gasteiger partial charge is 0.243 e. The highest BCUT2D eigenvalue weighted by Crippen LogP contribution is 2.14. The van der Waals surface area contributed by atoms with Crippen molar-refractivity contribution in [2.45, 2.75) is 66.2 Å².